The summed E-state index contributed by atoms with van der Waals surface area (Å²) in [5.41, 5.74) is 5.06. The van der Waals surface area contributed by atoms with Gasteiger partial charge < -0.3 is 9.72 Å². The highest BCUT2D eigenvalue weighted by Gasteiger charge is 2.14. The number of nitrogens with zero attached hydrogens (tertiary/aromatic N) is 1. The SMILES string of the molecule is Cc1[nH]c2cnccc2c1C1=CCOCC1. The Balaban J connectivity index is 2.21. The van der Waals surface area contributed by atoms with Gasteiger partial charge in [0.15, 0.2) is 0 Å². The lowest BCUT2D eigenvalue weighted by atomic mass is 9.99. The molecule has 0 fully saturated rings. The van der Waals surface area contributed by atoms with Crippen LogP contribution in [-0.2, 0) is 4.74 Å². The third-order valence-corrected chi connectivity index (χ3v) is 3.07. The van der Waals surface area contributed by atoms with Crippen molar-refractivity contribution in [2.24, 2.45) is 0 Å². The maximum atomic E-state index is 5.35. The third-order valence-electron chi connectivity index (χ3n) is 3.07. The second-order valence-electron chi connectivity index (χ2n) is 4.10. The number of aromatic amines is 1. The van der Waals surface area contributed by atoms with E-state index in [0.717, 1.165) is 25.2 Å². The minimum atomic E-state index is 0.729. The lowest BCUT2D eigenvalue weighted by molar-refractivity contribution is 0.161. The average molecular weight is 214 g/mol. The summed E-state index contributed by atoms with van der Waals surface area (Å²) in [4.78, 5) is 7.52. The summed E-state index contributed by atoms with van der Waals surface area (Å²) in [6.45, 7) is 3.67. The van der Waals surface area contributed by atoms with Crippen LogP contribution in [0.5, 0.6) is 0 Å². The van der Waals surface area contributed by atoms with Gasteiger partial charge in [0, 0.05) is 22.8 Å². The van der Waals surface area contributed by atoms with Crippen molar-refractivity contribution in [2.75, 3.05) is 13.2 Å². The first-order chi connectivity index (χ1) is 7.86. The Morgan fingerprint density at radius 3 is 3.19 bits per heavy atom. The average Bonchev–Trinajstić information content (AvgIpc) is 2.66. The van der Waals surface area contributed by atoms with Gasteiger partial charge in [0.2, 0.25) is 0 Å². The monoisotopic (exact) mass is 214 g/mol. The molecule has 0 saturated heterocycles. The van der Waals surface area contributed by atoms with E-state index < -0.39 is 0 Å². The summed E-state index contributed by atoms with van der Waals surface area (Å²) in [5, 5.41) is 1.26. The van der Waals surface area contributed by atoms with Crippen molar-refractivity contribution in [1.82, 2.24) is 9.97 Å². The van der Waals surface area contributed by atoms with Crippen molar-refractivity contribution in [2.45, 2.75) is 13.3 Å². The Labute approximate surface area is 94.1 Å². The van der Waals surface area contributed by atoms with Crippen LogP contribution in [0.15, 0.2) is 24.5 Å². The van der Waals surface area contributed by atoms with E-state index in [1.807, 2.05) is 12.4 Å². The number of aryl methyl sites for hydroxylation is 1. The molecular formula is C13H14N2O. The van der Waals surface area contributed by atoms with Gasteiger partial charge in [-0.3, -0.25) is 4.98 Å². The molecule has 82 valence electrons. The fraction of sp³-hybridized carbons (Fsp3) is 0.308. The number of fused-ring (bicyclic) bond motifs is 1. The minimum absolute atomic E-state index is 0.729. The molecule has 0 aromatic carbocycles. The van der Waals surface area contributed by atoms with E-state index in [9.17, 15) is 0 Å². The molecule has 3 nitrogen and oxygen atoms in total. The fourth-order valence-electron chi connectivity index (χ4n) is 2.35. The number of ether oxygens (including phenoxy) is 1. The predicted octanol–water partition coefficient (Wildman–Crippen LogP) is 2.68. The predicted molar refractivity (Wildman–Crippen MR) is 64.2 cm³/mol. The first-order valence-corrected chi connectivity index (χ1v) is 5.55. The van der Waals surface area contributed by atoms with Crippen LogP contribution in [-0.4, -0.2) is 23.2 Å². The van der Waals surface area contributed by atoms with Crippen LogP contribution in [0.4, 0.5) is 0 Å². The van der Waals surface area contributed by atoms with Gasteiger partial charge in [-0.25, -0.2) is 0 Å². The molecule has 1 aliphatic heterocycles. The molecule has 3 heterocycles. The van der Waals surface area contributed by atoms with Crippen molar-refractivity contribution < 1.29 is 4.74 Å². The molecule has 1 N–H and O–H groups in total. The Morgan fingerprint density at radius 2 is 2.38 bits per heavy atom. The molecule has 0 atom stereocenters. The van der Waals surface area contributed by atoms with Gasteiger partial charge >= 0.3 is 0 Å². The van der Waals surface area contributed by atoms with Crippen LogP contribution in [0.2, 0.25) is 0 Å². The van der Waals surface area contributed by atoms with Gasteiger partial charge in [-0.15, -0.1) is 0 Å². The smallest absolute Gasteiger partial charge is 0.0653 e. The number of rotatable bonds is 1. The van der Waals surface area contributed by atoms with Crippen LogP contribution in [0.3, 0.4) is 0 Å². The molecule has 2 aromatic rings. The second-order valence-corrected chi connectivity index (χ2v) is 4.10. The summed E-state index contributed by atoms with van der Waals surface area (Å²) < 4.78 is 5.35. The number of nitrogens with one attached hydrogen (secondary N) is 1. The van der Waals surface area contributed by atoms with Crippen molar-refractivity contribution in [3.8, 4) is 0 Å². The zero-order chi connectivity index (χ0) is 11.0. The maximum Gasteiger partial charge on any atom is 0.0653 e. The van der Waals surface area contributed by atoms with Gasteiger partial charge in [0.05, 0.1) is 24.9 Å². The normalized spacial score (nSPS) is 16.4. The first-order valence-electron chi connectivity index (χ1n) is 5.55. The first kappa shape index (κ1) is 9.60. The van der Waals surface area contributed by atoms with Crippen LogP contribution < -0.4 is 0 Å². The molecule has 3 heteroatoms. The Hall–Kier alpha value is -1.61. The number of hydrogen-bond donors (Lipinski definition) is 1. The summed E-state index contributed by atoms with van der Waals surface area (Å²) in [5.74, 6) is 0. The van der Waals surface area contributed by atoms with Gasteiger partial charge in [-0.05, 0) is 25.0 Å². The minimum Gasteiger partial charge on any atom is -0.377 e. The lowest BCUT2D eigenvalue weighted by Crippen LogP contribution is -2.04. The molecule has 0 unspecified atom stereocenters. The largest absolute Gasteiger partial charge is 0.377 e. The zero-order valence-electron chi connectivity index (χ0n) is 9.29. The molecule has 0 aliphatic carbocycles. The molecule has 0 bridgehead atoms. The Kier molecular flexibility index (Phi) is 2.26. The number of hydrogen-bond acceptors (Lipinski definition) is 2. The fourth-order valence-corrected chi connectivity index (χ4v) is 2.35. The topological polar surface area (TPSA) is 37.9 Å². The maximum absolute atomic E-state index is 5.35. The van der Waals surface area contributed by atoms with Crippen molar-refractivity contribution in [3.05, 3.63) is 35.8 Å². The zero-order valence-corrected chi connectivity index (χ0v) is 9.29. The van der Waals surface area contributed by atoms with Crippen LogP contribution in [0.1, 0.15) is 17.7 Å². The molecule has 16 heavy (non-hydrogen) atoms. The molecule has 2 aromatic heterocycles. The molecule has 3 rings (SSSR count). The van der Waals surface area contributed by atoms with Crippen molar-refractivity contribution in [3.63, 3.8) is 0 Å². The second kappa shape index (κ2) is 3.76. The highest BCUT2D eigenvalue weighted by Crippen LogP contribution is 2.31. The summed E-state index contributed by atoms with van der Waals surface area (Å²) >= 11 is 0. The number of H-pyrrole nitrogens is 1. The van der Waals surface area contributed by atoms with Crippen LogP contribution in [0, 0.1) is 6.92 Å². The molecule has 1 aliphatic rings. The van der Waals surface area contributed by atoms with Crippen molar-refractivity contribution in [1.29, 1.82) is 0 Å². The number of aromatic nitrogens is 2. The summed E-state index contributed by atoms with van der Waals surface area (Å²) in [6, 6.07) is 2.07. The summed E-state index contributed by atoms with van der Waals surface area (Å²) in [7, 11) is 0. The van der Waals surface area contributed by atoms with Gasteiger partial charge in [-0.1, -0.05) is 6.08 Å². The van der Waals surface area contributed by atoms with Gasteiger partial charge in [-0.2, -0.15) is 0 Å². The highest BCUT2D eigenvalue weighted by molar-refractivity contribution is 5.93. The third kappa shape index (κ3) is 1.44. The van der Waals surface area contributed by atoms with Crippen molar-refractivity contribution >= 4 is 16.5 Å². The van der Waals surface area contributed by atoms with E-state index in [1.165, 1.54) is 22.2 Å². The van der Waals surface area contributed by atoms with Gasteiger partial charge in [0.25, 0.3) is 0 Å². The van der Waals surface area contributed by atoms with E-state index in [-0.39, 0.29) is 0 Å². The van der Waals surface area contributed by atoms with E-state index in [4.69, 9.17) is 4.74 Å². The highest BCUT2D eigenvalue weighted by atomic mass is 16.5. The molecule has 0 radical (unpaired) electrons. The lowest BCUT2D eigenvalue weighted by Gasteiger charge is -2.13. The van der Waals surface area contributed by atoms with Crippen LogP contribution in [0.25, 0.3) is 16.5 Å². The van der Waals surface area contributed by atoms with E-state index in [1.54, 1.807) is 0 Å². The quantitative estimate of drug-likeness (QED) is 0.792. The number of pyridine rings is 1. The van der Waals surface area contributed by atoms with E-state index in [2.05, 4.69) is 29.0 Å². The summed E-state index contributed by atoms with van der Waals surface area (Å²) in [6.07, 6.45) is 6.90. The molecule has 0 spiro atoms. The molecule has 0 saturated carbocycles. The van der Waals surface area contributed by atoms with Crippen LogP contribution >= 0.6 is 0 Å². The standard InChI is InChI=1S/C13H14N2O/c1-9-13(10-3-6-16-7-4-10)11-2-5-14-8-12(11)15-9/h2-3,5,8,15H,4,6-7H2,1H3. The van der Waals surface area contributed by atoms with E-state index >= 15 is 0 Å². The molecular weight excluding hydrogens is 200 g/mol. The van der Waals surface area contributed by atoms with E-state index in [0.29, 0.717) is 0 Å². The Morgan fingerprint density at radius 1 is 1.44 bits per heavy atom. The molecule has 0 amide bonds. The van der Waals surface area contributed by atoms with Gasteiger partial charge in [0.1, 0.15) is 0 Å². The Bertz CT molecular complexity index is 554.